The van der Waals surface area contributed by atoms with Crippen molar-refractivity contribution >= 4 is 32.9 Å². The second-order valence-corrected chi connectivity index (χ2v) is 22.5. The van der Waals surface area contributed by atoms with Gasteiger partial charge in [-0.05, 0) is 173 Å². The molecule has 15 aromatic rings. The molecule has 2 aliphatic carbocycles. The van der Waals surface area contributed by atoms with Crippen molar-refractivity contribution in [1.29, 1.82) is 0 Å². The van der Waals surface area contributed by atoms with Crippen LogP contribution in [0.4, 0.5) is 0 Å². The highest BCUT2D eigenvalue weighted by atomic mass is 16.3. The molecule has 0 saturated heterocycles. The first kappa shape index (κ1) is 47.9. The summed E-state index contributed by atoms with van der Waals surface area (Å²) in [6.07, 6.45) is 0. The summed E-state index contributed by atoms with van der Waals surface area (Å²) < 4.78 is 8.57. The minimum Gasteiger partial charge on any atom is -0.436 e. The van der Waals surface area contributed by atoms with E-state index in [-0.39, 0.29) is 0 Å². The average molecular weight is 1070 g/mol. The highest BCUT2D eigenvalue weighted by Crippen LogP contribution is 2.59. The van der Waals surface area contributed by atoms with Crippen LogP contribution >= 0.6 is 0 Å². The van der Waals surface area contributed by atoms with E-state index in [2.05, 4.69) is 296 Å². The lowest BCUT2D eigenvalue weighted by atomic mass is 9.67. The van der Waals surface area contributed by atoms with Gasteiger partial charge in [0.1, 0.15) is 5.52 Å². The van der Waals surface area contributed by atoms with Crippen molar-refractivity contribution in [3.05, 3.63) is 360 Å². The molecule has 0 saturated carbocycles. The van der Waals surface area contributed by atoms with E-state index in [9.17, 15) is 0 Å². The van der Waals surface area contributed by atoms with Crippen molar-refractivity contribution in [2.45, 2.75) is 10.8 Å². The van der Waals surface area contributed by atoms with Gasteiger partial charge in [-0.3, -0.25) is 0 Å². The third kappa shape index (κ3) is 7.09. The highest BCUT2D eigenvalue weighted by molar-refractivity contribution is 6.12. The Balaban J connectivity index is 0.836. The van der Waals surface area contributed by atoms with Gasteiger partial charge in [0, 0.05) is 22.0 Å². The monoisotopic (exact) mass is 1070 g/mol. The Labute approximate surface area is 487 Å². The van der Waals surface area contributed by atoms with Gasteiger partial charge in [0.25, 0.3) is 0 Å². The normalized spacial score (nSPS) is 13.4. The van der Waals surface area contributed by atoms with Crippen LogP contribution in [0.1, 0.15) is 44.5 Å². The maximum Gasteiger partial charge on any atom is 0.227 e. The van der Waals surface area contributed by atoms with Gasteiger partial charge in [-0.15, -0.1) is 0 Å². The van der Waals surface area contributed by atoms with Gasteiger partial charge < -0.3 is 8.98 Å². The smallest absolute Gasteiger partial charge is 0.227 e. The molecule has 2 heterocycles. The van der Waals surface area contributed by atoms with E-state index in [0.717, 1.165) is 44.5 Å². The third-order valence-electron chi connectivity index (χ3n) is 18.2. The minimum absolute atomic E-state index is 0.505. The SMILES string of the molecule is c1ccc(C2(c3ccccc3)c3ccccc3-c3ccc(-c4ccc5c(c4)c4cc(-c6ccc7c(c6)C(c6ccccc6)(c6ccccc6)c6ccccc6-7)ccc4n5-c4ccc(-c5ccc(-c6nc7ccccc7o6)cc5)cc4)cc32)cc1. The van der Waals surface area contributed by atoms with Crippen LogP contribution in [0.25, 0.3) is 106 Å². The summed E-state index contributed by atoms with van der Waals surface area (Å²) >= 11 is 0. The summed E-state index contributed by atoms with van der Waals surface area (Å²) in [7, 11) is 0. The van der Waals surface area contributed by atoms with Gasteiger partial charge in [-0.2, -0.15) is 0 Å². The molecule has 0 N–H and O–H groups in total. The second-order valence-electron chi connectivity index (χ2n) is 22.5. The first-order valence-corrected chi connectivity index (χ1v) is 29.0. The van der Waals surface area contributed by atoms with Crippen molar-refractivity contribution in [2.24, 2.45) is 0 Å². The number of aromatic nitrogens is 2. The Morgan fingerprint density at radius 3 is 1.10 bits per heavy atom. The molecule has 0 bridgehead atoms. The van der Waals surface area contributed by atoms with Crippen LogP contribution in [0, 0.1) is 0 Å². The number of para-hydroxylation sites is 2. The van der Waals surface area contributed by atoms with Crippen molar-refractivity contribution in [1.82, 2.24) is 9.55 Å². The predicted molar refractivity (Wildman–Crippen MR) is 345 cm³/mol. The fourth-order valence-corrected chi connectivity index (χ4v) is 14.5. The molecule has 0 spiro atoms. The number of fused-ring (bicyclic) bond motifs is 10. The Hall–Kier alpha value is -10.9. The van der Waals surface area contributed by atoms with Gasteiger partial charge in [0.2, 0.25) is 5.89 Å². The molecule has 3 nitrogen and oxygen atoms in total. The van der Waals surface area contributed by atoms with Crippen molar-refractivity contribution < 1.29 is 4.42 Å². The molecule has 0 amide bonds. The van der Waals surface area contributed by atoms with E-state index in [1.54, 1.807) is 0 Å². The summed E-state index contributed by atoms with van der Waals surface area (Å²) in [4.78, 5) is 4.75. The maximum absolute atomic E-state index is 6.12. The van der Waals surface area contributed by atoms with Crippen LogP contribution in [-0.2, 0) is 10.8 Å². The molecule has 0 fully saturated rings. The van der Waals surface area contributed by atoms with Crippen LogP contribution in [0.15, 0.2) is 320 Å². The molecule has 13 aromatic carbocycles. The third-order valence-corrected chi connectivity index (χ3v) is 18.2. The van der Waals surface area contributed by atoms with Crippen molar-refractivity contribution in [3.8, 4) is 72.8 Å². The standard InChI is InChI=1S/C81H52N2O/c1-5-19-60(20-6-1)80(61-21-7-2-8-22-61)71-29-15-13-27-65(71)67-45-39-58(51-73(67)80)56-41-47-76-69(49-56)70-50-57(59-40-46-68-66-28-14-16-30-72(66)81(74(68)52-59,62-23-9-3-10-24-62)63-25-11-4-12-26-63)42-48-77(70)83(76)64-43-37-54(38-44-64)53-33-35-55(36-34-53)79-82-75-31-17-18-32-78(75)84-79/h1-52H. The maximum atomic E-state index is 6.12. The first-order valence-electron chi connectivity index (χ1n) is 29.0. The number of benzene rings is 13. The lowest BCUT2D eigenvalue weighted by Crippen LogP contribution is -2.28. The van der Waals surface area contributed by atoms with Crippen LogP contribution in [0.5, 0.6) is 0 Å². The average Bonchev–Trinajstić information content (AvgIpc) is 1.97. The molecular weight excluding hydrogens is 1020 g/mol. The molecule has 392 valence electrons. The lowest BCUT2D eigenvalue weighted by Gasteiger charge is -2.34. The molecule has 84 heavy (non-hydrogen) atoms. The molecular formula is C81H52N2O. The quantitative estimate of drug-likeness (QED) is 0.144. The Kier molecular flexibility index (Phi) is 10.7. The zero-order valence-corrected chi connectivity index (χ0v) is 45.8. The van der Waals surface area contributed by atoms with E-state index in [4.69, 9.17) is 9.40 Å². The van der Waals surface area contributed by atoms with E-state index in [1.165, 1.54) is 99.8 Å². The second kappa shape index (κ2) is 18.9. The number of hydrogen-bond donors (Lipinski definition) is 0. The summed E-state index contributed by atoms with van der Waals surface area (Å²) in [5.41, 5.74) is 27.3. The van der Waals surface area contributed by atoms with Gasteiger partial charge in [0.05, 0.1) is 21.9 Å². The van der Waals surface area contributed by atoms with Crippen LogP contribution in [0.3, 0.4) is 0 Å². The topological polar surface area (TPSA) is 31.0 Å². The zero-order valence-electron chi connectivity index (χ0n) is 45.8. The molecule has 3 heteroatoms. The molecule has 0 aliphatic heterocycles. The summed E-state index contributed by atoms with van der Waals surface area (Å²) in [6.45, 7) is 0. The number of hydrogen-bond acceptors (Lipinski definition) is 2. The fourth-order valence-electron chi connectivity index (χ4n) is 14.5. The minimum atomic E-state index is -0.505. The van der Waals surface area contributed by atoms with Crippen LogP contribution < -0.4 is 0 Å². The van der Waals surface area contributed by atoms with E-state index < -0.39 is 10.8 Å². The number of oxazole rings is 1. The first-order chi connectivity index (χ1) is 41.6. The number of nitrogens with zero attached hydrogens (tertiary/aromatic N) is 2. The van der Waals surface area contributed by atoms with Gasteiger partial charge in [-0.25, -0.2) is 4.98 Å². The van der Waals surface area contributed by atoms with Crippen molar-refractivity contribution in [3.63, 3.8) is 0 Å². The molecule has 0 unspecified atom stereocenters. The van der Waals surface area contributed by atoms with Crippen LogP contribution in [0.2, 0.25) is 0 Å². The van der Waals surface area contributed by atoms with E-state index >= 15 is 0 Å². The predicted octanol–water partition coefficient (Wildman–Crippen LogP) is 20.3. The Bertz CT molecular complexity index is 4690. The summed E-state index contributed by atoms with van der Waals surface area (Å²) in [6, 6.07) is 116. The number of rotatable bonds is 9. The molecule has 0 radical (unpaired) electrons. The molecule has 2 aliphatic rings. The molecule has 2 aromatic heterocycles. The van der Waals surface area contributed by atoms with Gasteiger partial charge >= 0.3 is 0 Å². The fraction of sp³-hybridized carbons (Fsp3) is 0.0247. The van der Waals surface area contributed by atoms with E-state index in [0.29, 0.717) is 5.89 Å². The Morgan fingerprint density at radius 2 is 0.631 bits per heavy atom. The Morgan fingerprint density at radius 1 is 0.274 bits per heavy atom. The summed E-state index contributed by atoms with van der Waals surface area (Å²) in [5, 5.41) is 2.39. The molecule has 0 atom stereocenters. The summed E-state index contributed by atoms with van der Waals surface area (Å²) in [5.74, 6) is 0.624. The zero-order chi connectivity index (χ0) is 55.3. The molecule has 17 rings (SSSR count). The lowest BCUT2D eigenvalue weighted by molar-refractivity contribution is 0.620. The highest BCUT2D eigenvalue weighted by Gasteiger charge is 2.47. The van der Waals surface area contributed by atoms with E-state index in [1.807, 2.05) is 24.3 Å². The van der Waals surface area contributed by atoms with Crippen molar-refractivity contribution in [2.75, 3.05) is 0 Å². The van der Waals surface area contributed by atoms with Gasteiger partial charge in [0.15, 0.2) is 5.58 Å². The van der Waals surface area contributed by atoms with Gasteiger partial charge in [-0.1, -0.05) is 243 Å². The largest absolute Gasteiger partial charge is 0.436 e. The van der Waals surface area contributed by atoms with Crippen LogP contribution in [-0.4, -0.2) is 9.55 Å².